The molecule has 1 heterocycles. The molecular weight excluding hydrogens is 275 g/mol. The number of piperidine rings is 1. The molecule has 0 saturated carbocycles. The molecule has 5 heteroatoms. The Morgan fingerprint density at radius 2 is 2.30 bits per heavy atom. The molecule has 0 radical (unpaired) electrons. The van der Waals surface area contributed by atoms with Crippen LogP contribution < -0.4 is 5.32 Å². The summed E-state index contributed by atoms with van der Waals surface area (Å²) in [7, 11) is 0. The van der Waals surface area contributed by atoms with E-state index in [0.29, 0.717) is 11.6 Å². The van der Waals surface area contributed by atoms with E-state index in [1.807, 2.05) is 23.6 Å². The minimum Gasteiger partial charge on any atom is -0.324 e. The number of rotatable bonds is 3. The fourth-order valence-corrected chi connectivity index (χ4v) is 3.38. The number of hydrogen-bond donors (Lipinski definition) is 1. The lowest BCUT2D eigenvalue weighted by Gasteiger charge is -2.32. The minimum atomic E-state index is -0.320. The van der Waals surface area contributed by atoms with Crippen LogP contribution in [0.1, 0.15) is 18.4 Å². The first-order chi connectivity index (χ1) is 9.58. The Kier molecular flexibility index (Phi) is 5.29. The van der Waals surface area contributed by atoms with Crippen molar-refractivity contribution in [1.82, 2.24) is 4.90 Å². The second-order valence-electron chi connectivity index (χ2n) is 5.36. The summed E-state index contributed by atoms with van der Waals surface area (Å²) in [4.78, 5) is 14.1. The third-order valence-electron chi connectivity index (χ3n) is 3.50. The smallest absolute Gasteiger partial charge is 0.321 e. The summed E-state index contributed by atoms with van der Waals surface area (Å²) in [5, 5.41) is 2.80. The highest BCUT2D eigenvalue weighted by Crippen LogP contribution is 2.21. The van der Waals surface area contributed by atoms with Gasteiger partial charge in [-0.2, -0.15) is 11.8 Å². The zero-order chi connectivity index (χ0) is 14.5. The van der Waals surface area contributed by atoms with Gasteiger partial charge in [0.25, 0.3) is 0 Å². The number of likely N-dealkylation sites (tertiary alicyclic amines) is 1. The average molecular weight is 296 g/mol. The van der Waals surface area contributed by atoms with Gasteiger partial charge in [0.05, 0.1) is 0 Å². The molecule has 0 aliphatic carbocycles. The van der Waals surface area contributed by atoms with Crippen LogP contribution in [0.25, 0.3) is 0 Å². The number of amides is 2. The third kappa shape index (κ3) is 4.13. The summed E-state index contributed by atoms with van der Waals surface area (Å²) in [6.07, 6.45) is 4.32. The van der Waals surface area contributed by atoms with Crippen molar-refractivity contribution in [1.29, 1.82) is 0 Å². The molecule has 1 aliphatic rings. The predicted octanol–water partition coefficient (Wildman–Crippen LogP) is 3.74. The van der Waals surface area contributed by atoms with Crippen molar-refractivity contribution in [2.24, 2.45) is 5.92 Å². The van der Waals surface area contributed by atoms with Crippen LogP contribution in [0.4, 0.5) is 14.9 Å². The fourth-order valence-electron chi connectivity index (χ4n) is 2.63. The number of hydrogen-bond acceptors (Lipinski definition) is 2. The molecule has 2 amide bonds. The molecule has 1 aromatic rings. The number of halogens is 1. The van der Waals surface area contributed by atoms with Gasteiger partial charge < -0.3 is 10.2 Å². The Bertz CT molecular complexity index is 459. The van der Waals surface area contributed by atoms with Crippen LogP contribution in [0.2, 0.25) is 0 Å². The topological polar surface area (TPSA) is 32.3 Å². The highest BCUT2D eigenvalue weighted by molar-refractivity contribution is 7.98. The lowest BCUT2D eigenvalue weighted by molar-refractivity contribution is 0.183. The zero-order valence-corrected chi connectivity index (χ0v) is 12.8. The van der Waals surface area contributed by atoms with E-state index < -0.39 is 0 Å². The molecule has 0 spiro atoms. The molecule has 1 aliphatic heterocycles. The van der Waals surface area contributed by atoms with E-state index in [1.54, 1.807) is 6.07 Å². The van der Waals surface area contributed by atoms with E-state index in [4.69, 9.17) is 0 Å². The third-order valence-corrected chi connectivity index (χ3v) is 4.31. The van der Waals surface area contributed by atoms with E-state index in [0.717, 1.165) is 30.8 Å². The first-order valence-electron chi connectivity index (χ1n) is 6.90. The second-order valence-corrected chi connectivity index (χ2v) is 6.27. The zero-order valence-electron chi connectivity index (χ0n) is 12.0. The van der Waals surface area contributed by atoms with Crippen LogP contribution in [0.3, 0.4) is 0 Å². The van der Waals surface area contributed by atoms with Gasteiger partial charge in [0.2, 0.25) is 0 Å². The molecule has 110 valence electrons. The quantitative estimate of drug-likeness (QED) is 0.921. The van der Waals surface area contributed by atoms with Crippen molar-refractivity contribution in [2.45, 2.75) is 19.8 Å². The number of carbonyl (C=O) groups excluding carboxylic acids is 1. The fraction of sp³-hybridized carbons (Fsp3) is 0.533. The summed E-state index contributed by atoms with van der Waals surface area (Å²) in [6.45, 7) is 3.39. The molecule has 1 unspecified atom stereocenters. The maximum Gasteiger partial charge on any atom is 0.321 e. The molecule has 1 saturated heterocycles. The Morgan fingerprint density at radius 3 is 3.00 bits per heavy atom. The van der Waals surface area contributed by atoms with Gasteiger partial charge in [-0.1, -0.05) is 0 Å². The molecule has 1 atom stereocenters. The van der Waals surface area contributed by atoms with Crippen LogP contribution in [0.5, 0.6) is 0 Å². The van der Waals surface area contributed by atoms with Gasteiger partial charge in [0.1, 0.15) is 5.82 Å². The summed E-state index contributed by atoms with van der Waals surface area (Å²) < 4.78 is 13.3. The molecular formula is C15H21FN2OS. The standard InChI is InChI=1S/C15H21FN2OS/c1-11-6-13(16)8-14(7-11)17-15(19)18-5-3-4-12(9-18)10-20-2/h6-8,12H,3-5,9-10H2,1-2H3,(H,17,19). The van der Waals surface area contributed by atoms with Gasteiger partial charge in [0, 0.05) is 18.8 Å². The molecule has 1 N–H and O–H groups in total. The summed E-state index contributed by atoms with van der Waals surface area (Å²) in [6, 6.07) is 4.46. The monoisotopic (exact) mass is 296 g/mol. The van der Waals surface area contributed by atoms with Crippen molar-refractivity contribution in [3.63, 3.8) is 0 Å². The van der Waals surface area contributed by atoms with Gasteiger partial charge in [-0.25, -0.2) is 9.18 Å². The normalized spacial score (nSPS) is 18.9. The van der Waals surface area contributed by atoms with Crippen molar-refractivity contribution in [3.05, 3.63) is 29.6 Å². The number of benzene rings is 1. The number of anilines is 1. The van der Waals surface area contributed by atoms with Gasteiger partial charge >= 0.3 is 6.03 Å². The number of thioether (sulfide) groups is 1. The number of nitrogens with zero attached hydrogens (tertiary/aromatic N) is 1. The van der Waals surface area contributed by atoms with Crippen LogP contribution in [-0.4, -0.2) is 36.0 Å². The van der Waals surface area contributed by atoms with Gasteiger partial charge in [-0.15, -0.1) is 0 Å². The van der Waals surface area contributed by atoms with E-state index in [9.17, 15) is 9.18 Å². The van der Waals surface area contributed by atoms with Crippen LogP contribution in [0.15, 0.2) is 18.2 Å². The number of nitrogens with one attached hydrogen (secondary N) is 1. The Morgan fingerprint density at radius 1 is 1.50 bits per heavy atom. The largest absolute Gasteiger partial charge is 0.324 e. The van der Waals surface area contributed by atoms with Crippen molar-refractivity contribution in [3.8, 4) is 0 Å². The maximum absolute atomic E-state index is 13.3. The number of carbonyl (C=O) groups is 1. The Labute approximate surface area is 123 Å². The number of urea groups is 1. The molecule has 20 heavy (non-hydrogen) atoms. The average Bonchev–Trinajstić information content (AvgIpc) is 2.38. The minimum absolute atomic E-state index is 0.124. The molecule has 1 fully saturated rings. The van der Waals surface area contributed by atoms with Gasteiger partial charge in [0.15, 0.2) is 0 Å². The summed E-state index contributed by atoms with van der Waals surface area (Å²) >= 11 is 1.82. The van der Waals surface area contributed by atoms with Crippen LogP contribution in [-0.2, 0) is 0 Å². The first kappa shape index (κ1) is 15.2. The van der Waals surface area contributed by atoms with E-state index in [1.165, 1.54) is 18.6 Å². The number of aryl methyl sites for hydroxylation is 1. The van der Waals surface area contributed by atoms with E-state index in [-0.39, 0.29) is 11.8 Å². The van der Waals surface area contributed by atoms with E-state index in [2.05, 4.69) is 11.6 Å². The highest BCUT2D eigenvalue weighted by atomic mass is 32.2. The lowest BCUT2D eigenvalue weighted by atomic mass is 10.0. The molecule has 1 aromatic carbocycles. The van der Waals surface area contributed by atoms with Crippen molar-refractivity contribution in [2.75, 3.05) is 30.4 Å². The summed E-state index contributed by atoms with van der Waals surface area (Å²) in [5.74, 6) is 1.33. The molecule has 0 bridgehead atoms. The lowest BCUT2D eigenvalue weighted by Crippen LogP contribution is -2.42. The SMILES string of the molecule is CSCC1CCCN(C(=O)Nc2cc(C)cc(F)c2)C1. The van der Waals surface area contributed by atoms with Gasteiger partial charge in [-0.3, -0.25) is 0 Å². The Hall–Kier alpha value is -1.23. The maximum atomic E-state index is 13.3. The molecule has 2 rings (SSSR count). The summed E-state index contributed by atoms with van der Waals surface area (Å²) in [5.41, 5.74) is 1.33. The van der Waals surface area contributed by atoms with Crippen molar-refractivity contribution < 1.29 is 9.18 Å². The van der Waals surface area contributed by atoms with Crippen LogP contribution >= 0.6 is 11.8 Å². The predicted molar refractivity (Wildman–Crippen MR) is 82.8 cm³/mol. The van der Waals surface area contributed by atoms with Gasteiger partial charge in [-0.05, 0) is 61.5 Å². The molecule has 0 aromatic heterocycles. The van der Waals surface area contributed by atoms with Crippen LogP contribution in [0, 0.1) is 18.7 Å². The Balaban J connectivity index is 1.97. The first-order valence-corrected chi connectivity index (χ1v) is 8.30. The van der Waals surface area contributed by atoms with Crippen molar-refractivity contribution >= 4 is 23.5 Å². The highest BCUT2D eigenvalue weighted by Gasteiger charge is 2.23. The molecule has 3 nitrogen and oxygen atoms in total. The second kappa shape index (κ2) is 6.97. The van der Waals surface area contributed by atoms with E-state index >= 15 is 0 Å².